The lowest BCUT2D eigenvalue weighted by Gasteiger charge is -2.07. The molecule has 1 N–H and O–H groups in total. The van der Waals surface area contributed by atoms with E-state index in [1.165, 1.54) is 0 Å². The van der Waals surface area contributed by atoms with Crippen LogP contribution in [0.15, 0.2) is 36.8 Å². The highest BCUT2D eigenvalue weighted by atomic mass is 16.5. The Balaban J connectivity index is 1.66. The highest BCUT2D eigenvalue weighted by Gasteiger charge is 2.04. The molecule has 0 fully saturated rings. The molecule has 0 bridgehead atoms. The van der Waals surface area contributed by atoms with Crippen LogP contribution in [-0.4, -0.2) is 22.4 Å². The molecular weight excluding hydrogens is 288 g/mol. The van der Waals surface area contributed by atoms with E-state index < -0.39 is 0 Å². The molecule has 1 aromatic heterocycles. The normalized spacial score (nSPS) is 10.7. The molecule has 1 aromatic carbocycles. The predicted molar refractivity (Wildman–Crippen MR) is 91.7 cm³/mol. The van der Waals surface area contributed by atoms with Crippen LogP contribution < -0.4 is 4.74 Å². The number of Topliss-reactive ketones (excluding diaryl/α,β-unsaturated/α-hetero) is 1. The van der Waals surface area contributed by atoms with Crippen molar-refractivity contribution in [1.82, 2.24) is 9.97 Å². The number of hydrogen-bond acceptors (Lipinski definition) is 3. The third kappa shape index (κ3) is 6.68. The Hall–Kier alpha value is -2.10. The molecule has 0 amide bonds. The zero-order chi connectivity index (χ0) is 16.3. The van der Waals surface area contributed by atoms with Crippen LogP contribution in [0.25, 0.3) is 0 Å². The van der Waals surface area contributed by atoms with E-state index in [4.69, 9.17) is 4.74 Å². The van der Waals surface area contributed by atoms with Gasteiger partial charge in [0.25, 0.3) is 0 Å². The number of aromatic nitrogens is 2. The summed E-state index contributed by atoms with van der Waals surface area (Å²) in [5.41, 5.74) is 2.13. The summed E-state index contributed by atoms with van der Waals surface area (Å²) < 4.78 is 5.72. The Kier molecular flexibility index (Phi) is 7.37. The molecule has 4 nitrogen and oxygen atoms in total. The summed E-state index contributed by atoms with van der Waals surface area (Å²) in [5.74, 6) is 1.18. The lowest BCUT2D eigenvalue weighted by molar-refractivity contribution is -0.118. The molecule has 23 heavy (non-hydrogen) atoms. The molecule has 0 saturated heterocycles. The van der Waals surface area contributed by atoms with Gasteiger partial charge >= 0.3 is 0 Å². The summed E-state index contributed by atoms with van der Waals surface area (Å²) in [4.78, 5) is 19.0. The maximum absolute atomic E-state index is 11.9. The van der Waals surface area contributed by atoms with Gasteiger partial charge in [-0.1, -0.05) is 31.9 Å². The molecule has 0 aliphatic rings. The molecule has 0 saturated carbocycles. The number of nitrogens with one attached hydrogen (secondary N) is 1. The number of carbonyl (C=O) groups excluding carboxylic acids is 1. The fourth-order valence-corrected chi connectivity index (χ4v) is 2.46. The largest absolute Gasteiger partial charge is 0.494 e. The summed E-state index contributed by atoms with van der Waals surface area (Å²) in [5, 5.41) is 0. The number of aryl methyl sites for hydroxylation is 1. The molecule has 124 valence electrons. The average molecular weight is 314 g/mol. The van der Waals surface area contributed by atoms with E-state index in [0.29, 0.717) is 25.2 Å². The number of imidazole rings is 1. The van der Waals surface area contributed by atoms with Crippen LogP contribution in [0.3, 0.4) is 0 Å². The fourth-order valence-electron chi connectivity index (χ4n) is 2.46. The monoisotopic (exact) mass is 314 g/mol. The second kappa shape index (κ2) is 9.82. The van der Waals surface area contributed by atoms with Crippen molar-refractivity contribution in [2.45, 2.75) is 51.9 Å². The minimum absolute atomic E-state index is 0.325. The van der Waals surface area contributed by atoms with Gasteiger partial charge in [0.1, 0.15) is 11.5 Å². The second-order valence-corrected chi connectivity index (χ2v) is 5.83. The SMILES string of the molecule is CCCCCC(=O)Cc1ccc(OCCCc2c[nH]cn2)cc1. The van der Waals surface area contributed by atoms with Gasteiger partial charge in [-0.2, -0.15) is 0 Å². The van der Waals surface area contributed by atoms with Gasteiger partial charge in [-0.15, -0.1) is 0 Å². The van der Waals surface area contributed by atoms with Crippen molar-refractivity contribution in [3.8, 4) is 5.75 Å². The summed E-state index contributed by atoms with van der Waals surface area (Å²) >= 11 is 0. The van der Waals surface area contributed by atoms with Crippen molar-refractivity contribution >= 4 is 5.78 Å². The van der Waals surface area contributed by atoms with Gasteiger partial charge in [0, 0.05) is 19.0 Å². The smallest absolute Gasteiger partial charge is 0.137 e. The quantitative estimate of drug-likeness (QED) is 0.635. The van der Waals surface area contributed by atoms with E-state index in [1.807, 2.05) is 30.5 Å². The number of carbonyl (C=O) groups is 1. The Morgan fingerprint density at radius 2 is 2.00 bits per heavy atom. The van der Waals surface area contributed by atoms with E-state index >= 15 is 0 Å². The Labute approximate surface area is 138 Å². The number of H-pyrrole nitrogens is 1. The number of aromatic amines is 1. The first kappa shape index (κ1) is 17.3. The first-order valence-electron chi connectivity index (χ1n) is 8.49. The summed E-state index contributed by atoms with van der Waals surface area (Å²) in [6.45, 7) is 2.82. The van der Waals surface area contributed by atoms with Gasteiger partial charge < -0.3 is 9.72 Å². The van der Waals surface area contributed by atoms with Crippen LogP contribution in [-0.2, 0) is 17.6 Å². The maximum atomic E-state index is 11.9. The molecule has 0 atom stereocenters. The van der Waals surface area contributed by atoms with Gasteiger partial charge in [-0.3, -0.25) is 4.79 Å². The molecule has 0 aliphatic heterocycles. The Bertz CT molecular complexity index is 562. The van der Waals surface area contributed by atoms with Crippen LogP contribution in [0.4, 0.5) is 0 Å². The highest BCUT2D eigenvalue weighted by molar-refractivity contribution is 5.80. The van der Waals surface area contributed by atoms with Gasteiger partial charge in [0.2, 0.25) is 0 Å². The number of hydrogen-bond donors (Lipinski definition) is 1. The molecule has 2 rings (SSSR count). The lowest BCUT2D eigenvalue weighted by atomic mass is 10.0. The topological polar surface area (TPSA) is 55.0 Å². The van der Waals surface area contributed by atoms with Gasteiger partial charge in [0.15, 0.2) is 0 Å². The van der Waals surface area contributed by atoms with E-state index in [-0.39, 0.29) is 0 Å². The molecule has 1 heterocycles. The molecule has 0 spiro atoms. The number of nitrogens with zero attached hydrogens (tertiary/aromatic N) is 1. The number of unbranched alkanes of at least 4 members (excludes halogenated alkanes) is 2. The average Bonchev–Trinajstić information content (AvgIpc) is 3.07. The van der Waals surface area contributed by atoms with E-state index in [0.717, 1.165) is 49.1 Å². The molecular formula is C19H26N2O2. The van der Waals surface area contributed by atoms with Gasteiger partial charge in [0.05, 0.1) is 18.6 Å². The third-order valence-corrected chi connectivity index (χ3v) is 3.78. The van der Waals surface area contributed by atoms with Crippen molar-refractivity contribution < 1.29 is 9.53 Å². The first-order valence-corrected chi connectivity index (χ1v) is 8.49. The summed E-state index contributed by atoms with van der Waals surface area (Å²) in [7, 11) is 0. The van der Waals surface area contributed by atoms with Crippen molar-refractivity contribution in [3.63, 3.8) is 0 Å². The molecule has 0 aliphatic carbocycles. The van der Waals surface area contributed by atoms with Crippen LogP contribution in [0, 0.1) is 0 Å². The van der Waals surface area contributed by atoms with Crippen molar-refractivity contribution in [2.75, 3.05) is 6.61 Å². The fraction of sp³-hybridized carbons (Fsp3) is 0.474. The summed E-state index contributed by atoms with van der Waals surface area (Å²) in [6, 6.07) is 7.87. The van der Waals surface area contributed by atoms with Crippen LogP contribution >= 0.6 is 0 Å². The van der Waals surface area contributed by atoms with Crippen LogP contribution in [0.1, 0.15) is 50.3 Å². The standard InChI is InChI=1S/C19H26N2O2/c1-2-3-4-7-18(22)13-16-8-10-19(11-9-16)23-12-5-6-17-14-20-15-21-17/h8-11,14-15H,2-7,12-13H2,1H3,(H,20,21). The van der Waals surface area contributed by atoms with Crippen LogP contribution in [0.5, 0.6) is 5.75 Å². The molecule has 4 heteroatoms. The number of rotatable bonds is 11. The minimum Gasteiger partial charge on any atom is -0.494 e. The van der Waals surface area contributed by atoms with Crippen molar-refractivity contribution in [3.05, 3.63) is 48.0 Å². The second-order valence-electron chi connectivity index (χ2n) is 5.83. The van der Waals surface area contributed by atoms with E-state index in [1.54, 1.807) is 6.33 Å². The highest BCUT2D eigenvalue weighted by Crippen LogP contribution is 2.14. The number of ether oxygens (including phenoxy) is 1. The molecule has 0 unspecified atom stereocenters. The molecule has 2 aromatic rings. The van der Waals surface area contributed by atoms with Gasteiger partial charge in [-0.05, 0) is 37.0 Å². The maximum Gasteiger partial charge on any atom is 0.137 e. The minimum atomic E-state index is 0.325. The first-order chi connectivity index (χ1) is 11.3. The zero-order valence-electron chi connectivity index (χ0n) is 13.9. The number of ketones is 1. The predicted octanol–water partition coefficient (Wildman–Crippen LogP) is 4.11. The zero-order valence-corrected chi connectivity index (χ0v) is 13.9. The van der Waals surface area contributed by atoms with Gasteiger partial charge in [-0.25, -0.2) is 4.98 Å². The Morgan fingerprint density at radius 3 is 2.70 bits per heavy atom. The van der Waals surface area contributed by atoms with Crippen LogP contribution in [0.2, 0.25) is 0 Å². The van der Waals surface area contributed by atoms with E-state index in [9.17, 15) is 4.79 Å². The third-order valence-electron chi connectivity index (χ3n) is 3.78. The Morgan fingerprint density at radius 1 is 1.17 bits per heavy atom. The van der Waals surface area contributed by atoms with E-state index in [2.05, 4.69) is 16.9 Å². The molecule has 0 radical (unpaired) electrons. The lowest BCUT2D eigenvalue weighted by Crippen LogP contribution is -2.03. The van der Waals surface area contributed by atoms with Crippen molar-refractivity contribution in [2.24, 2.45) is 0 Å². The summed E-state index contributed by atoms with van der Waals surface area (Å²) in [6.07, 6.45) is 9.96. The number of benzene rings is 1. The van der Waals surface area contributed by atoms with Crippen molar-refractivity contribution in [1.29, 1.82) is 0 Å².